The standard InChI is InChI=1S/C39H61N3O10/c1-8-34(43)50-26-23-47-29-38(10-3,30-48-24-27-51-35(44)9-2)31-49-25-28-52-36(45)17-18-41-19-21-42(22-20-41)33-15-13-32(14-16-33)37(46)39(11-4,12-5)40(6)7/h8-9,13-16H,1-2,10-12,17-31H2,3-7H3. The van der Waals surface area contributed by atoms with Crippen molar-refractivity contribution in [3.63, 3.8) is 0 Å². The van der Waals surface area contributed by atoms with Gasteiger partial charge in [0.2, 0.25) is 0 Å². The first-order valence-corrected chi connectivity index (χ1v) is 18.3. The van der Waals surface area contributed by atoms with E-state index in [9.17, 15) is 19.2 Å². The summed E-state index contributed by atoms with van der Waals surface area (Å²) in [5.74, 6) is -1.17. The van der Waals surface area contributed by atoms with E-state index in [1.165, 1.54) is 0 Å². The molecular weight excluding hydrogens is 670 g/mol. The number of likely N-dealkylation sites (N-methyl/N-ethyl adjacent to an activating group) is 1. The van der Waals surface area contributed by atoms with E-state index < -0.39 is 22.9 Å². The van der Waals surface area contributed by atoms with E-state index in [2.05, 4.69) is 36.8 Å². The van der Waals surface area contributed by atoms with Crippen LogP contribution in [0, 0.1) is 5.41 Å². The van der Waals surface area contributed by atoms with Crippen molar-refractivity contribution in [1.29, 1.82) is 0 Å². The van der Waals surface area contributed by atoms with Crippen molar-refractivity contribution in [2.45, 2.75) is 52.0 Å². The van der Waals surface area contributed by atoms with E-state index in [1.807, 2.05) is 50.2 Å². The number of hydrogen-bond donors (Lipinski definition) is 0. The molecule has 0 saturated carbocycles. The van der Waals surface area contributed by atoms with Crippen LogP contribution in [0.2, 0.25) is 0 Å². The minimum atomic E-state index is -0.529. The van der Waals surface area contributed by atoms with Gasteiger partial charge in [-0.05, 0) is 57.6 Å². The minimum Gasteiger partial charge on any atom is -0.463 e. The Labute approximate surface area is 310 Å². The summed E-state index contributed by atoms with van der Waals surface area (Å²) in [6, 6.07) is 7.95. The molecule has 1 aliphatic heterocycles. The summed E-state index contributed by atoms with van der Waals surface area (Å²) < 4.78 is 32.8. The Morgan fingerprint density at radius 3 is 1.62 bits per heavy atom. The van der Waals surface area contributed by atoms with Crippen LogP contribution in [0.3, 0.4) is 0 Å². The van der Waals surface area contributed by atoms with Gasteiger partial charge in [-0.3, -0.25) is 19.4 Å². The molecule has 0 aliphatic carbocycles. The maximum Gasteiger partial charge on any atom is 0.330 e. The van der Waals surface area contributed by atoms with Crippen LogP contribution in [0.25, 0.3) is 0 Å². The van der Waals surface area contributed by atoms with Crippen molar-refractivity contribution >= 4 is 29.4 Å². The van der Waals surface area contributed by atoms with Gasteiger partial charge >= 0.3 is 17.9 Å². The predicted octanol–water partition coefficient (Wildman–Crippen LogP) is 3.95. The Balaban J connectivity index is 1.74. The zero-order chi connectivity index (χ0) is 38.4. The van der Waals surface area contributed by atoms with Crippen molar-refractivity contribution in [3.8, 4) is 0 Å². The molecule has 0 N–H and O–H groups in total. The lowest BCUT2D eigenvalue weighted by Gasteiger charge is -2.37. The van der Waals surface area contributed by atoms with Gasteiger partial charge in [-0.25, -0.2) is 9.59 Å². The van der Waals surface area contributed by atoms with Gasteiger partial charge in [-0.15, -0.1) is 0 Å². The van der Waals surface area contributed by atoms with Crippen LogP contribution in [0.4, 0.5) is 5.69 Å². The number of benzene rings is 1. The highest BCUT2D eigenvalue weighted by molar-refractivity contribution is 6.03. The molecule has 0 atom stereocenters. The van der Waals surface area contributed by atoms with E-state index in [0.29, 0.717) is 13.0 Å². The van der Waals surface area contributed by atoms with Crippen LogP contribution in [0.1, 0.15) is 56.8 Å². The molecule has 0 aromatic heterocycles. The number of Topliss-reactive ketones (excluding diaryl/α,β-unsaturated/α-hetero) is 1. The Kier molecular flexibility index (Phi) is 20.4. The van der Waals surface area contributed by atoms with Gasteiger partial charge in [0.15, 0.2) is 5.78 Å². The van der Waals surface area contributed by atoms with Gasteiger partial charge in [0, 0.05) is 61.5 Å². The SMILES string of the molecule is C=CC(=O)OCCOCC(CC)(COCCOC(=O)C=C)COCCOC(=O)CCN1CCN(c2ccc(C(=O)C(CC)(CC)N(C)C)cc2)CC1. The van der Waals surface area contributed by atoms with Crippen LogP contribution < -0.4 is 4.90 Å². The summed E-state index contributed by atoms with van der Waals surface area (Å²) in [6.07, 6.45) is 4.63. The van der Waals surface area contributed by atoms with Gasteiger partial charge < -0.3 is 33.3 Å². The van der Waals surface area contributed by atoms with E-state index in [0.717, 1.165) is 62.4 Å². The highest BCUT2D eigenvalue weighted by atomic mass is 16.6. The minimum absolute atomic E-state index is 0.0862. The number of carbonyl (C=O) groups excluding carboxylic acids is 4. The molecule has 1 aliphatic rings. The molecule has 1 fully saturated rings. The first-order chi connectivity index (χ1) is 25.0. The Morgan fingerprint density at radius 2 is 1.19 bits per heavy atom. The molecule has 52 heavy (non-hydrogen) atoms. The number of nitrogens with zero attached hydrogens (tertiary/aromatic N) is 3. The zero-order valence-corrected chi connectivity index (χ0v) is 32.0. The summed E-state index contributed by atoms with van der Waals surface area (Å²) in [5, 5.41) is 0. The molecule has 2 rings (SSSR count). The summed E-state index contributed by atoms with van der Waals surface area (Å²) >= 11 is 0. The monoisotopic (exact) mass is 731 g/mol. The third-order valence-electron chi connectivity index (χ3n) is 9.69. The Bertz CT molecular complexity index is 1230. The number of piperazine rings is 1. The molecule has 13 heteroatoms. The average Bonchev–Trinajstić information content (AvgIpc) is 3.16. The number of ether oxygens (including phenoxy) is 6. The number of carbonyl (C=O) groups is 4. The number of rotatable bonds is 27. The lowest BCUT2D eigenvalue weighted by atomic mass is 9.83. The summed E-state index contributed by atoms with van der Waals surface area (Å²) in [5.41, 5.74) is 0.801. The van der Waals surface area contributed by atoms with Crippen LogP contribution >= 0.6 is 0 Å². The average molecular weight is 732 g/mol. The van der Waals surface area contributed by atoms with Crippen molar-refractivity contribution in [1.82, 2.24) is 9.80 Å². The fourth-order valence-corrected chi connectivity index (χ4v) is 6.08. The zero-order valence-electron chi connectivity index (χ0n) is 32.0. The molecule has 292 valence electrons. The normalized spacial score (nSPS) is 13.8. The largest absolute Gasteiger partial charge is 0.463 e. The molecule has 0 bridgehead atoms. The fourth-order valence-electron chi connectivity index (χ4n) is 6.08. The first-order valence-electron chi connectivity index (χ1n) is 18.3. The van der Waals surface area contributed by atoms with Gasteiger partial charge in [0.25, 0.3) is 0 Å². The molecule has 1 heterocycles. The molecular formula is C39H61N3O10. The smallest absolute Gasteiger partial charge is 0.330 e. The lowest BCUT2D eigenvalue weighted by Crippen LogP contribution is -2.50. The second kappa shape index (κ2) is 23.8. The fraction of sp³-hybridized carbons (Fsp3) is 0.641. The molecule has 0 radical (unpaired) electrons. The highest BCUT2D eigenvalue weighted by Crippen LogP contribution is 2.28. The van der Waals surface area contributed by atoms with Gasteiger partial charge in [0.1, 0.15) is 19.8 Å². The summed E-state index contributed by atoms with van der Waals surface area (Å²) in [6.45, 7) is 18.5. The molecule has 0 unspecified atom stereocenters. The van der Waals surface area contributed by atoms with Crippen molar-refractivity contribution < 1.29 is 47.6 Å². The van der Waals surface area contributed by atoms with Crippen molar-refractivity contribution in [3.05, 3.63) is 55.1 Å². The van der Waals surface area contributed by atoms with Crippen LogP contribution in [-0.4, -0.2) is 145 Å². The second-order valence-electron chi connectivity index (χ2n) is 13.1. The molecule has 1 saturated heterocycles. The van der Waals surface area contributed by atoms with E-state index >= 15 is 0 Å². The summed E-state index contributed by atoms with van der Waals surface area (Å²) in [7, 11) is 3.94. The summed E-state index contributed by atoms with van der Waals surface area (Å²) in [4.78, 5) is 55.1. The second-order valence-corrected chi connectivity index (χ2v) is 13.1. The molecule has 0 spiro atoms. The molecule has 0 amide bonds. The number of anilines is 1. The van der Waals surface area contributed by atoms with E-state index in [1.54, 1.807) is 0 Å². The quantitative estimate of drug-likeness (QED) is 0.0426. The number of ketones is 1. The van der Waals surface area contributed by atoms with Gasteiger partial charge in [-0.2, -0.15) is 0 Å². The first kappa shape index (κ1) is 44.5. The maximum absolute atomic E-state index is 13.4. The number of esters is 3. The Hall–Kier alpha value is -3.62. The van der Waals surface area contributed by atoms with Crippen molar-refractivity contribution in [2.24, 2.45) is 5.41 Å². The third kappa shape index (κ3) is 14.4. The number of hydrogen-bond acceptors (Lipinski definition) is 13. The lowest BCUT2D eigenvalue weighted by molar-refractivity contribution is -0.146. The van der Waals surface area contributed by atoms with Crippen LogP contribution in [0.5, 0.6) is 0 Å². The van der Waals surface area contributed by atoms with Crippen LogP contribution in [0.15, 0.2) is 49.6 Å². The van der Waals surface area contributed by atoms with Crippen LogP contribution in [-0.2, 0) is 42.8 Å². The molecule has 1 aromatic carbocycles. The molecule has 1 aromatic rings. The van der Waals surface area contributed by atoms with Crippen molar-refractivity contribution in [2.75, 3.05) is 111 Å². The third-order valence-corrected chi connectivity index (χ3v) is 9.69. The predicted molar refractivity (Wildman–Crippen MR) is 199 cm³/mol. The Morgan fingerprint density at radius 1 is 0.712 bits per heavy atom. The highest BCUT2D eigenvalue weighted by Gasteiger charge is 2.37. The van der Waals surface area contributed by atoms with E-state index in [-0.39, 0.29) is 77.6 Å². The molecule has 13 nitrogen and oxygen atoms in total. The van der Waals surface area contributed by atoms with E-state index in [4.69, 9.17) is 28.4 Å². The topological polar surface area (TPSA) is 133 Å². The van der Waals surface area contributed by atoms with Gasteiger partial charge in [0.05, 0.1) is 51.6 Å². The van der Waals surface area contributed by atoms with Gasteiger partial charge in [-0.1, -0.05) is 33.9 Å². The maximum atomic E-state index is 13.4.